The number of carbonyl (C=O) groups excluding carboxylic acids is 1. The standard InChI is InChI=1S/C27H32N4O2/c1-20-10-12-24(22(18-20)27(2,3)4)33-19-26(32)31-16-14-30(15-17-31)25-13-11-23(28-29-25)21-8-6-5-7-9-21/h5-13,18H,14-17,19H2,1-4H3. The Kier molecular flexibility index (Phi) is 6.63. The molecule has 1 aliphatic rings. The van der Waals surface area contributed by atoms with E-state index in [1.165, 1.54) is 5.56 Å². The monoisotopic (exact) mass is 444 g/mol. The molecule has 1 aliphatic heterocycles. The predicted octanol–water partition coefficient (Wildman–Crippen LogP) is 4.48. The zero-order valence-electron chi connectivity index (χ0n) is 19.9. The Hall–Kier alpha value is -3.41. The maximum absolute atomic E-state index is 12.8. The molecule has 6 nitrogen and oxygen atoms in total. The number of ether oxygens (including phenoxy) is 1. The van der Waals surface area contributed by atoms with Gasteiger partial charge in [0.15, 0.2) is 12.4 Å². The summed E-state index contributed by atoms with van der Waals surface area (Å²) in [5.74, 6) is 1.64. The largest absolute Gasteiger partial charge is 0.483 e. The van der Waals surface area contributed by atoms with Crippen LogP contribution in [0.15, 0.2) is 60.7 Å². The minimum Gasteiger partial charge on any atom is -0.483 e. The fourth-order valence-corrected chi connectivity index (χ4v) is 4.03. The molecule has 2 heterocycles. The number of aryl methyl sites for hydroxylation is 1. The van der Waals surface area contributed by atoms with Gasteiger partial charge in [-0.1, -0.05) is 68.8 Å². The van der Waals surface area contributed by atoms with Gasteiger partial charge in [-0.3, -0.25) is 4.79 Å². The molecule has 0 saturated carbocycles. The zero-order chi connectivity index (χ0) is 23.4. The van der Waals surface area contributed by atoms with Crippen LogP contribution in [0.1, 0.15) is 31.9 Å². The highest BCUT2D eigenvalue weighted by atomic mass is 16.5. The van der Waals surface area contributed by atoms with Crippen molar-refractivity contribution in [3.8, 4) is 17.0 Å². The molecule has 0 bridgehead atoms. The number of amides is 1. The van der Waals surface area contributed by atoms with Crippen LogP contribution in [-0.2, 0) is 10.2 Å². The molecule has 4 rings (SSSR count). The molecule has 172 valence electrons. The number of hydrogen-bond acceptors (Lipinski definition) is 5. The number of benzene rings is 2. The van der Waals surface area contributed by atoms with Gasteiger partial charge in [0.1, 0.15) is 5.75 Å². The molecule has 3 aromatic rings. The number of anilines is 1. The lowest BCUT2D eigenvalue weighted by Crippen LogP contribution is -2.50. The molecule has 0 radical (unpaired) electrons. The van der Waals surface area contributed by atoms with E-state index in [4.69, 9.17) is 4.74 Å². The van der Waals surface area contributed by atoms with E-state index in [0.29, 0.717) is 13.1 Å². The first-order valence-corrected chi connectivity index (χ1v) is 11.5. The van der Waals surface area contributed by atoms with Crippen molar-refractivity contribution in [2.45, 2.75) is 33.1 Å². The predicted molar refractivity (Wildman–Crippen MR) is 132 cm³/mol. The van der Waals surface area contributed by atoms with Crippen LogP contribution < -0.4 is 9.64 Å². The maximum Gasteiger partial charge on any atom is 0.260 e. The molecule has 33 heavy (non-hydrogen) atoms. The van der Waals surface area contributed by atoms with Crippen LogP contribution in [0.3, 0.4) is 0 Å². The summed E-state index contributed by atoms with van der Waals surface area (Å²) in [6, 6.07) is 20.2. The third kappa shape index (κ3) is 5.51. The maximum atomic E-state index is 12.8. The van der Waals surface area contributed by atoms with Crippen LogP contribution in [0.5, 0.6) is 5.75 Å². The first kappa shape index (κ1) is 22.8. The van der Waals surface area contributed by atoms with Crippen molar-refractivity contribution < 1.29 is 9.53 Å². The van der Waals surface area contributed by atoms with Gasteiger partial charge in [-0.25, -0.2) is 0 Å². The number of aromatic nitrogens is 2. The van der Waals surface area contributed by atoms with Gasteiger partial charge in [0.25, 0.3) is 5.91 Å². The number of piperazine rings is 1. The van der Waals surface area contributed by atoms with E-state index < -0.39 is 0 Å². The van der Waals surface area contributed by atoms with Crippen molar-refractivity contribution in [3.05, 3.63) is 71.8 Å². The van der Waals surface area contributed by atoms with E-state index in [2.05, 4.69) is 48.9 Å². The third-order valence-electron chi connectivity index (χ3n) is 5.97. The lowest BCUT2D eigenvalue weighted by atomic mass is 9.85. The van der Waals surface area contributed by atoms with Gasteiger partial charge in [0, 0.05) is 31.7 Å². The molecule has 0 spiro atoms. The Bertz CT molecular complexity index is 1080. The van der Waals surface area contributed by atoms with E-state index in [-0.39, 0.29) is 17.9 Å². The number of carbonyl (C=O) groups is 1. The topological polar surface area (TPSA) is 58.6 Å². The lowest BCUT2D eigenvalue weighted by molar-refractivity contribution is -0.133. The van der Waals surface area contributed by atoms with Crippen molar-refractivity contribution in [1.82, 2.24) is 15.1 Å². The van der Waals surface area contributed by atoms with E-state index in [1.807, 2.05) is 59.5 Å². The summed E-state index contributed by atoms with van der Waals surface area (Å²) in [6.45, 7) is 11.3. The summed E-state index contributed by atoms with van der Waals surface area (Å²) in [5, 5.41) is 8.80. The Balaban J connectivity index is 1.32. The van der Waals surface area contributed by atoms with Crippen LogP contribution in [0, 0.1) is 6.92 Å². The van der Waals surface area contributed by atoms with Crippen LogP contribution in [-0.4, -0.2) is 53.8 Å². The molecule has 1 amide bonds. The molecule has 6 heteroatoms. The van der Waals surface area contributed by atoms with Gasteiger partial charge in [0.2, 0.25) is 0 Å². The molecule has 1 aromatic heterocycles. The van der Waals surface area contributed by atoms with Gasteiger partial charge >= 0.3 is 0 Å². The molecule has 0 unspecified atom stereocenters. The fraction of sp³-hybridized carbons (Fsp3) is 0.370. The van der Waals surface area contributed by atoms with Gasteiger partial charge in [0.05, 0.1) is 5.69 Å². The van der Waals surface area contributed by atoms with Gasteiger partial charge in [-0.2, -0.15) is 0 Å². The summed E-state index contributed by atoms with van der Waals surface area (Å²) in [6.07, 6.45) is 0. The van der Waals surface area contributed by atoms with Crippen molar-refractivity contribution in [3.63, 3.8) is 0 Å². The van der Waals surface area contributed by atoms with Gasteiger partial charge in [-0.05, 0) is 36.1 Å². The van der Waals surface area contributed by atoms with Crippen molar-refractivity contribution in [2.75, 3.05) is 37.7 Å². The second kappa shape index (κ2) is 9.61. The quantitative estimate of drug-likeness (QED) is 0.581. The first-order valence-electron chi connectivity index (χ1n) is 11.5. The average Bonchev–Trinajstić information content (AvgIpc) is 2.83. The minimum absolute atomic E-state index is 0.0144. The third-order valence-corrected chi connectivity index (χ3v) is 5.97. The molecule has 1 saturated heterocycles. The highest BCUT2D eigenvalue weighted by Crippen LogP contribution is 2.32. The summed E-state index contributed by atoms with van der Waals surface area (Å²) < 4.78 is 5.97. The van der Waals surface area contributed by atoms with Gasteiger partial charge in [-0.15, -0.1) is 10.2 Å². The Morgan fingerprint density at radius 2 is 1.67 bits per heavy atom. The Morgan fingerprint density at radius 1 is 0.939 bits per heavy atom. The highest BCUT2D eigenvalue weighted by molar-refractivity contribution is 5.78. The summed E-state index contributed by atoms with van der Waals surface area (Å²) in [5.41, 5.74) is 4.17. The van der Waals surface area contributed by atoms with E-state index >= 15 is 0 Å². The second-order valence-electron chi connectivity index (χ2n) is 9.55. The normalized spacial score (nSPS) is 14.3. The van der Waals surface area contributed by atoms with E-state index in [1.54, 1.807) is 0 Å². The van der Waals surface area contributed by atoms with Crippen molar-refractivity contribution in [2.24, 2.45) is 0 Å². The summed E-state index contributed by atoms with van der Waals surface area (Å²) in [7, 11) is 0. The highest BCUT2D eigenvalue weighted by Gasteiger charge is 2.24. The fourth-order valence-electron chi connectivity index (χ4n) is 4.03. The van der Waals surface area contributed by atoms with Gasteiger partial charge < -0.3 is 14.5 Å². The first-order chi connectivity index (χ1) is 15.8. The average molecular weight is 445 g/mol. The lowest BCUT2D eigenvalue weighted by Gasteiger charge is -2.35. The number of nitrogens with zero attached hydrogens (tertiary/aromatic N) is 4. The van der Waals surface area contributed by atoms with E-state index in [9.17, 15) is 4.79 Å². The molecule has 0 atom stereocenters. The zero-order valence-corrected chi connectivity index (χ0v) is 19.9. The smallest absolute Gasteiger partial charge is 0.260 e. The summed E-state index contributed by atoms with van der Waals surface area (Å²) >= 11 is 0. The van der Waals surface area contributed by atoms with Crippen molar-refractivity contribution in [1.29, 1.82) is 0 Å². The number of hydrogen-bond donors (Lipinski definition) is 0. The van der Waals surface area contributed by atoms with Crippen LogP contribution >= 0.6 is 0 Å². The minimum atomic E-state index is -0.0485. The SMILES string of the molecule is Cc1ccc(OCC(=O)N2CCN(c3ccc(-c4ccccc4)nn3)CC2)c(C(C)(C)C)c1. The molecular formula is C27H32N4O2. The van der Waals surface area contributed by atoms with Crippen LogP contribution in [0.25, 0.3) is 11.3 Å². The molecule has 2 aromatic carbocycles. The Labute approximate surface area is 196 Å². The van der Waals surface area contributed by atoms with Crippen molar-refractivity contribution >= 4 is 11.7 Å². The molecule has 0 N–H and O–H groups in total. The Morgan fingerprint density at radius 3 is 2.30 bits per heavy atom. The molecular weight excluding hydrogens is 412 g/mol. The summed E-state index contributed by atoms with van der Waals surface area (Å²) in [4.78, 5) is 16.8. The second-order valence-corrected chi connectivity index (χ2v) is 9.55. The molecule has 1 fully saturated rings. The number of rotatable bonds is 5. The molecule has 0 aliphatic carbocycles. The van der Waals surface area contributed by atoms with Crippen LogP contribution in [0.4, 0.5) is 5.82 Å². The van der Waals surface area contributed by atoms with E-state index in [0.717, 1.165) is 41.5 Å². The van der Waals surface area contributed by atoms with Crippen LogP contribution in [0.2, 0.25) is 0 Å².